The number of hydrogen-bond acceptors (Lipinski definition) is 2. The Bertz CT molecular complexity index is 300. The molecule has 0 fully saturated rings. The molecule has 0 saturated heterocycles. The van der Waals surface area contributed by atoms with E-state index >= 15 is 0 Å². The van der Waals surface area contributed by atoms with Gasteiger partial charge in [0.05, 0.1) is 12.9 Å². The number of aliphatic imine (C=N–C) groups is 1. The number of rotatable bonds is 0. The lowest BCUT2D eigenvalue weighted by Gasteiger charge is -2.13. The Morgan fingerprint density at radius 2 is 1.67 bits per heavy atom. The normalized spacial score (nSPS) is 17.3. The van der Waals surface area contributed by atoms with Crippen molar-refractivity contribution in [1.82, 2.24) is 5.32 Å². The SMILES string of the molecule is C1=NCCN1.c1ccc2c(c1)CCCC2. The van der Waals surface area contributed by atoms with Gasteiger partial charge in [0.15, 0.2) is 0 Å². The van der Waals surface area contributed by atoms with E-state index in [1.807, 2.05) is 0 Å². The average molecular weight is 202 g/mol. The molecule has 0 spiro atoms. The summed E-state index contributed by atoms with van der Waals surface area (Å²) in [7, 11) is 0. The minimum absolute atomic E-state index is 0.958. The van der Waals surface area contributed by atoms with Gasteiger partial charge in [-0.3, -0.25) is 4.99 Å². The highest BCUT2D eigenvalue weighted by Crippen LogP contribution is 2.19. The van der Waals surface area contributed by atoms with Crippen LogP contribution in [-0.4, -0.2) is 19.4 Å². The van der Waals surface area contributed by atoms with Crippen molar-refractivity contribution in [3.63, 3.8) is 0 Å². The standard InChI is InChI=1S/C10H12.C3H6N2/c1-2-6-10-8-4-3-7-9(10)5-1;1-2-5-3-4-1/h1-2,5-6H,3-4,7-8H2;3H,1-2H2,(H,4,5). The Hall–Kier alpha value is -1.31. The first-order chi connectivity index (χ1) is 7.47. The van der Waals surface area contributed by atoms with Crippen LogP contribution in [0, 0.1) is 0 Å². The maximum absolute atomic E-state index is 3.85. The minimum atomic E-state index is 0.958. The van der Waals surface area contributed by atoms with Gasteiger partial charge >= 0.3 is 0 Å². The molecule has 0 bridgehead atoms. The molecule has 1 aliphatic heterocycles. The van der Waals surface area contributed by atoms with Gasteiger partial charge in [0.1, 0.15) is 0 Å². The Morgan fingerprint density at radius 1 is 1.00 bits per heavy atom. The van der Waals surface area contributed by atoms with Gasteiger partial charge in [-0.15, -0.1) is 0 Å². The first-order valence-electron chi connectivity index (χ1n) is 5.75. The van der Waals surface area contributed by atoms with E-state index in [2.05, 4.69) is 34.6 Å². The number of nitrogens with zero attached hydrogens (tertiary/aromatic N) is 1. The zero-order chi connectivity index (χ0) is 10.3. The van der Waals surface area contributed by atoms with Crippen molar-refractivity contribution in [1.29, 1.82) is 0 Å². The lowest BCUT2D eigenvalue weighted by atomic mass is 9.92. The van der Waals surface area contributed by atoms with Crippen LogP contribution in [0.15, 0.2) is 29.3 Å². The fourth-order valence-electron chi connectivity index (χ4n) is 2.00. The second-order valence-corrected chi connectivity index (χ2v) is 3.97. The molecule has 2 heteroatoms. The zero-order valence-electron chi connectivity index (χ0n) is 9.08. The molecule has 2 aliphatic rings. The monoisotopic (exact) mass is 202 g/mol. The lowest BCUT2D eigenvalue weighted by Crippen LogP contribution is -2.04. The number of aryl methyl sites for hydroxylation is 2. The predicted molar refractivity (Wildman–Crippen MR) is 64.4 cm³/mol. The summed E-state index contributed by atoms with van der Waals surface area (Å²) in [5, 5.41) is 2.93. The van der Waals surface area contributed by atoms with Crippen LogP contribution in [0.4, 0.5) is 0 Å². The van der Waals surface area contributed by atoms with Crippen molar-refractivity contribution < 1.29 is 0 Å². The van der Waals surface area contributed by atoms with Gasteiger partial charge in [0, 0.05) is 6.54 Å². The molecule has 15 heavy (non-hydrogen) atoms. The third kappa shape index (κ3) is 3.08. The summed E-state index contributed by atoms with van der Waals surface area (Å²) < 4.78 is 0. The number of fused-ring (bicyclic) bond motifs is 1. The molecule has 80 valence electrons. The van der Waals surface area contributed by atoms with Crippen LogP contribution in [0.5, 0.6) is 0 Å². The summed E-state index contributed by atoms with van der Waals surface area (Å²) in [5.74, 6) is 0. The molecule has 1 aromatic carbocycles. The molecule has 1 aliphatic carbocycles. The molecular formula is C13H18N2. The Labute approximate surface area is 91.4 Å². The second kappa shape index (κ2) is 5.54. The maximum Gasteiger partial charge on any atom is 0.0825 e. The van der Waals surface area contributed by atoms with Gasteiger partial charge in [-0.25, -0.2) is 0 Å². The fraction of sp³-hybridized carbons (Fsp3) is 0.462. The molecular weight excluding hydrogens is 184 g/mol. The molecule has 0 radical (unpaired) electrons. The summed E-state index contributed by atoms with van der Waals surface area (Å²) in [6.45, 7) is 1.99. The highest BCUT2D eigenvalue weighted by atomic mass is 15.0. The van der Waals surface area contributed by atoms with Crippen LogP contribution in [-0.2, 0) is 12.8 Å². The summed E-state index contributed by atoms with van der Waals surface area (Å²) in [6, 6.07) is 8.80. The van der Waals surface area contributed by atoms with Gasteiger partial charge in [-0.2, -0.15) is 0 Å². The van der Waals surface area contributed by atoms with E-state index in [-0.39, 0.29) is 0 Å². The third-order valence-electron chi connectivity index (χ3n) is 2.83. The predicted octanol–water partition coefficient (Wildman–Crippen LogP) is 2.18. The van der Waals surface area contributed by atoms with Gasteiger partial charge in [-0.05, 0) is 36.8 Å². The average Bonchev–Trinajstić information content (AvgIpc) is 2.88. The number of benzene rings is 1. The summed E-state index contributed by atoms with van der Waals surface area (Å²) >= 11 is 0. The summed E-state index contributed by atoms with van der Waals surface area (Å²) in [6.07, 6.45) is 7.11. The maximum atomic E-state index is 3.85. The molecule has 3 rings (SSSR count). The van der Waals surface area contributed by atoms with E-state index in [0.29, 0.717) is 0 Å². The van der Waals surface area contributed by atoms with E-state index in [9.17, 15) is 0 Å². The van der Waals surface area contributed by atoms with E-state index in [0.717, 1.165) is 13.1 Å². The van der Waals surface area contributed by atoms with Crippen LogP contribution < -0.4 is 5.32 Å². The van der Waals surface area contributed by atoms with Crippen molar-refractivity contribution >= 4 is 6.34 Å². The van der Waals surface area contributed by atoms with Crippen molar-refractivity contribution in [3.05, 3.63) is 35.4 Å². The number of nitrogens with one attached hydrogen (secondary N) is 1. The lowest BCUT2D eigenvalue weighted by molar-refractivity contribution is 0.685. The van der Waals surface area contributed by atoms with Gasteiger partial charge in [0.2, 0.25) is 0 Å². The quantitative estimate of drug-likeness (QED) is 0.685. The topological polar surface area (TPSA) is 24.4 Å². The smallest absolute Gasteiger partial charge is 0.0825 e. The minimum Gasteiger partial charge on any atom is -0.375 e. The second-order valence-electron chi connectivity index (χ2n) is 3.97. The largest absolute Gasteiger partial charge is 0.375 e. The van der Waals surface area contributed by atoms with E-state index in [1.165, 1.54) is 25.7 Å². The van der Waals surface area contributed by atoms with Gasteiger partial charge < -0.3 is 5.32 Å². The molecule has 0 saturated carbocycles. The van der Waals surface area contributed by atoms with E-state index < -0.39 is 0 Å². The van der Waals surface area contributed by atoms with Crippen molar-refractivity contribution in [2.24, 2.45) is 4.99 Å². The summed E-state index contributed by atoms with van der Waals surface area (Å²) in [5.41, 5.74) is 3.16. The van der Waals surface area contributed by atoms with Crippen LogP contribution in [0.2, 0.25) is 0 Å². The van der Waals surface area contributed by atoms with Crippen LogP contribution >= 0.6 is 0 Å². The third-order valence-corrected chi connectivity index (χ3v) is 2.83. The van der Waals surface area contributed by atoms with Crippen molar-refractivity contribution in [2.45, 2.75) is 25.7 Å². The first-order valence-corrected chi connectivity index (χ1v) is 5.75. The van der Waals surface area contributed by atoms with Gasteiger partial charge in [-0.1, -0.05) is 24.3 Å². The van der Waals surface area contributed by atoms with E-state index in [1.54, 1.807) is 17.5 Å². The molecule has 0 unspecified atom stereocenters. The van der Waals surface area contributed by atoms with Crippen molar-refractivity contribution in [2.75, 3.05) is 13.1 Å². The molecule has 0 aromatic heterocycles. The number of hydrogen-bond donors (Lipinski definition) is 1. The first kappa shape index (κ1) is 10.2. The van der Waals surface area contributed by atoms with E-state index in [4.69, 9.17) is 0 Å². The van der Waals surface area contributed by atoms with Crippen LogP contribution in [0.25, 0.3) is 0 Å². The highest BCUT2D eigenvalue weighted by molar-refractivity contribution is 5.56. The molecule has 1 N–H and O–H groups in total. The van der Waals surface area contributed by atoms with Gasteiger partial charge in [0.25, 0.3) is 0 Å². The zero-order valence-corrected chi connectivity index (χ0v) is 9.08. The molecule has 1 aromatic rings. The summed E-state index contributed by atoms with van der Waals surface area (Å²) in [4.78, 5) is 3.85. The Morgan fingerprint density at radius 3 is 2.07 bits per heavy atom. The molecule has 0 atom stereocenters. The highest BCUT2D eigenvalue weighted by Gasteiger charge is 2.05. The Kier molecular flexibility index (Phi) is 3.77. The molecule has 0 amide bonds. The fourth-order valence-corrected chi connectivity index (χ4v) is 2.00. The van der Waals surface area contributed by atoms with Crippen LogP contribution in [0.3, 0.4) is 0 Å². The Balaban J connectivity index is 0.000000144. The van der Waals surface area contributed by atoms with Crippen LogP contribution in [0.1, 0.15) is 24.0 Å². The van der Waals surface area contributed by atoms with Crippen molar-refractivity contribution in [3.8, 4) is 0 Å². The molecule has 2 nitrogen and oxygen atoms in total. The molecule has 1 heterocycles.